The average Bonchev–Trinajstić information content (AvgIpc) is 3.10. The fraction of sp³-hybridized carbons (Fsp3) is 0.786. The van der Waals surface area contributed by atoms with E-state index in [1.807, 2.05) is 0 Å². The molecule has 2 fully saturated rings. The summed E-state index contributed by atoms with van der Waals surface area (Å²) >= 11 is 0. The van der Waals surface area contributed by atoms with Crippen LogP contribution in [0.5, 0.6) is 0 Å². The standard InChI is InChI=1S/C14H21N3O3/c15-8-3-9-16(12-6-7-12)14(20)17(10-13(18)19)11-4-1-2-5-11/h11-12H,1-7,9-10H2,(H,18,19). The van der Waals surface area contributed by atoms with E-state index in [1.54, 1.807) is 4.90 Å². The number of hydrogen-bond donors (Lipinski definition) is 1. The average molecular weight is 279 g/mol. The minimum Gasteiger partial charge on any atom is -0.480 e. The zero-order valence-electron chi connectivity index (χ0n) is 11.6. The Morgan fingerprint density at radius 2 is 1.70 bits per heavy atom. The minimum atomic E-state index is -0.971. The van der Waals surface area contributed by atoms with E-state index >= 15 is 0 Å². The second-order valence-electron chi connectivity index (χ2n) is 5.58. The summed E-state index contributed by atoms with van der Waals surface area (Å²) < 4.78 is 0. The summed E-state index contributed by atoms with van der Waals surface area (Å²) in [6, 6.07) is 2.10. The zero-order chi connectivity index (χ0) is 14.5. The van der Waals surface area contributed by atoms with Gasteiger partial charge in [0.05, 0.1) is 12.5 Å². The lowest BCUT2D eigenvalue weighted by Crippen LogP contribution is -2.50. The van der Waals surface area contributed by atoms with Crippen molar-refractivity contribution < 1.29 is 14.7 Å². The first-order valence-corrected chi connectivity index (χ1v) is 7.29. The van der Waals surface area contributed by atoms with Gasteiger partial charge >= 0.3 is 12.0 Å². The van der Waals surface area contributed by atoms with Crippen molar-refractivity contribution in [1.82, 2.24) is 9.80 Å². The molecule has 6 nitrogen and oxygen atoms in total. The molecule has 0 aliphatic heterocycles. The predicted octanol–water partition coefficient (Wildman–Crippen LogP) is 1.81. The Morgan fingerprint density at radius 1 is 1.10 bits per heavy atom. The summed E-state index contributed by atoms with van der Waals surface area (Å²) in [4.78, 5) is 26.9. The maximum atomic E-state index is 12.6. The highest BCUT2D eigenvalue weighted by Gasteiger charge is 2.37. The van der Waals surface area contributed by atoms with Gasteiger partial charge in [-0.1, -0.05) is 12.8 Å². The Bertz CT molecular complexity index is 408. The van der Waals surface area contributed by atoms with E-state index < -0.39 is 5.97 Å². The van der Waals surface area contributed by atoms with Gasteiger partial charge in [0.25, 0.3) is 0 Å². The van der Waals surface area contributed by atoms with E-state index in [9.17, 15) is 9.59 Å². The van der Waals surface area contributed by atoms with E-state index in [4.69, 9.17) is 10.4 Å². The molecule has 2 saturated carbocycles. The number of carbonyl (C=O) groups excluding carboxylic acids is 1. The van der Waals surface area contributed by atoms with Gasteiger partial charge in [0.1, 0.15) is 6.54 Å². The van der Waals surface area contributed by atoms with Crippen LogP contribution in [0.3, 0.4) is 0 Å². The Kier molecular flexibility index (Phi) is 4.83. The largest absolute Gasteiger partial charge is 0.480 e. The second kappa shape index (κ2) is 6.60. The highest BCUT2D eigenvalue weighted by atomic mass is 16.4. The first-order chi connectivity index (χ1) is 9.63. The van der Waals surface area contributed by atoms with Crippen LogP contribution in [0.25, 0.3) is 0 Å². The third-order valence-electron chi connectivity index (χ3n) is 4.01. The quantitative estimate of drug-likeness (QED) is 0.803. The number of aliphatic carboxylic acids is 1. The molecule has 0 bridgehead atoms. The minimum absolute atomic E-state index is 0.0435. The molecule has 0 aromatic rings. The number of nitrogens with zero attached hydrogens (tertiary/aromatic N) is 3. The molecular weight excluding hydrogens is 258 g/mol. The molecule has 110 valence electrons. The number of nitriles is 1. The Balaban J connectivity index is 2.06. The van der Waals surface area contributed by atoms with Crippen LogP contribution in [0.4, 0.5) is 4.79 Å². The van der Waals surface area contributed by atoms with E-state index in [0.717, 1.165) is 38.5 Å². The zero-order valence-corrected chi connectivity index (χ0v) is 11.6. The third kappa shape index (κ3) is 3.62. The van der Waals surface area contributed by atoms with Crippen molar-refractivity contribution in [2.24, 2.45) is 0 Å². The van der Waals surface area contributed by atoms with Crippen LogP contribution in [-0.2, 0) is 4.79 Å². The predicted molar refractivity (Wildman–Crippen MR) is 72.0 cm³/mol. The molecule has 0 heterocycles. The fourth-order valence-electron chi connectivity index (χ4n) is 2.87. The molecule has 0 aromatic carbocycles. The number of urea groups is 1. The lowest BCUT2D eigenvalue weighted by molar-refractivity contribution is -0.138. The van der Waals surface area contributed by atoms with Crippen LogP contribution in [0.2, 0.25) is 0 Å². The number of hydrogen-bond acceptors (Lipinski definition) is 3. The maximum absolute atomic E-state index is 12.6. The van der Waals surface area contributed by atoms with E-state index in [0.29, 0.717) is 13.0 Å². The first kappa shape index (κ1) is 14.6. The van der Waals surface area contributed by atoms with Gasteiger partial charge in [0.15, 0.2) is 0 Å². The summed E-state index contributed by atoms with van der Waals surface area (Å²) in [5, 5.41) is 17.7. The molecule has 20 heavy (non-hydrogen) atoms. The molecule has 2 rings (SSSR count). The van der Waals surface area contributed by atoms with Crippen molar-refractivity contribution >= 4 is 12.0 Å². The Hall–Kier alpha value is -1.77. The van der Waals surface area contributed by atoms with Crippen molar-refractivity contribution in [1.29, 1.82) is 5.26 Å². The van der Waals surface area contributed by atoms with Gasteiger partial charge in [-0.15, -0.1) is 0 Å². The van der Waals surface area contributed by atoms with Crippen LogP contribution in [0.1, 0.15) is 44.9 Å². The van der Waals surface area contributed by atoms with Crippen LogP contribution >= 0.6 is 0 Å². The molecule has 1 N–H and O–H groups in total. The summed E-state index contributed by atoms with van der Waals surface area (Å²) in [6.07, 6.45) is 6.09. The number of carbonyl (C=O) groups is 2. The van der Waals surface area contributed by atoms with Gasteiger partial charge < -0.3 is 14.9 Å². The summed E-state index contributed by atoms with van der Waals surface area (Å²) in [6.45, 7) is 0.169. The molecule has 0 aromatic heterocycles. The molecule has 6 heteroatoms. The van der Waals surface area contributed by atoms with Crippen molar-refractivity contribution in [3.63, 3.8) is 0 Å². The van der Waals surface area contributed by atoms with E-state index in [1.165, 1.54) is 4.90 Å². The SMILES string of the molecule is N#CCCN(C(=O)N(CC(=O)O)C1CCCC1)C1CC1. The Labute approximate surface area is 119 Å². The molecule has 0 atom stereocenters. The third-order valence-corrected chi connectivity index (χ3v) is 4.01. The first-order valence-electron chi connectivity index (χ1n) is 7.29. The lowest BCUT2D eigenvalue weighted by Gasteiger charge is -2.33. The topological polar surface area (TPSA) is 84.6 Å². The van der Waals surface area contributed by atoms with Gasteiger partial charge in [-0.05, 0) is 25.7 Å². The number of carboxylic acid groups (broad SMARTS) is 1. The molecule has 2 aliphatic carbocycles. The van der Waals surface area contributed by atoms with Gasteiger partial charge in [0, 0.05) is 18.6 Å². The van der Waals surface area contributed by atoms with Crippen LogP contribution in [-0.4, -0.2) is 52.1 Å². The summed E-state index contributed by atoms with van der Waals surface area (Å²) in [5.74, 6) is -0.971. The monoisotopic (exact) mass is 279 g/mol. The highest BCUT2D eigenvalue weighted by Crippen LogP contribution is 2.30. The maximum Gasteiger partial charge on any atom is 0.323 e. The number of amides is 2. The fourth-order valence-corrected chi connectivity index (χ4v) is 2.87. The summed E-state index contributed by atoms with van der Waals surface area (Å²) in [5.41, 5.74) is 0. The van der Waals surface area contributed by atoms with Crippen molar-refractivity contribution in [2.75, 3.05) is 13.1 Å². The van der Waals surface area contributed by atoms with Gasteiger partial charge in [-0.3, -0.25) is 4.79 Å². The van der Waals surface area contributed by atoms with Crippen LogP contribution in [0.15, 0.2) is 0 Å². The van der Waals surface area contributed by atoms with Crippen molar-refractivity contribution in [3.05, 3.63) is 0 Å². The number of carboxylic acids is 1. The van der Waals surface area contributed by atoms with E-state index in [-0.39, 0.29) is 24.7 Å². The second-order valence-corrected chi connectivity index (χ2v) is 5.58. The van der Waals surface area contributed by atoms with Crippen molar-refractivity contribution in [2.45, 2.75) is 57.0 Å². The molecule has 2 amide bonds. The molecule has 0 spiro atoms. The number of rotatable bonds is 6. The highest BCUT2D eigenvalue weighted by molar-refractivity contribution is 5.81. The van der Waals surface area contributed by atoms with Gasteiger partial charge in [-0.25, -0.2) is 4.79 Å². The molecular formula is C14H21N3O3. The molecule has 0 unspecified atom stereocenters. The molecule has 2 aliphatic rings. The molecule has 0 radical (unpaired) electrons. The van der Waals surface area contributed by atoms with Crippen molar-refractivity contribution in [3.8, 4) is 6.07 Å². The van der Waals surface area contributed by atoms with Crippen LogP contribution in [0, 0.1) is 11.3 Å². The van der Waals surface area contributed by atoms with E-state index in [2.05, 4.69) is 6.07 Å². The van der Waals surface area contributed by atoms with Gasteiger partial charge in [-0.2, -0.15) is 5.26 Å². The molecule has 0 saturated heterocycles. The lowest BCUT2D eigenvalue weighted by atomic mass is 10.2. The van der Waals surface area contributed by atoms with Crippen LogP contribution < -0.4 is 0 Å². The Morgan fingerprint density at radius 3 is 2.20 bits per heavy atom. The summed E-state index contributed by atoms with van der Waals surface area (Å²) in [7, 11) is 0. The van der Waals surface area contributed by atoms with Gasteiger partial charge in [0.2, 0.25) is 0 Å². The smallest absolute Gasteiger partial charge is 0.323 e. The normalized spacial score (nSPS) is 18.6.